The summed E-state index contributed by atoms with van der Waals surface area (Å²) < 4.78 is 1.67. The minimum Gasteiger partial charge on any atom is -0.396 e. The third kappa shape index (κ3) is 4.87. The zero-order chi connectivity index (χ0) is 15.1. The molecule has 0 radical (unpaired) electrons. The van der Waals surface area contributed by atoms with Crippen LogP contribution in [0.4, 0.5) is 5.69 Å². The molecule has 5 nitrogen and oxygen atoms in total. The summed E-state index contributed by atoms with van der Waals surface area (Å²) in [6.07, 6.45) is 5.95. The fourth-order valence-electron chi connectivity index (χ4n) is 2.27. The molecule has 0 saturated carbocycles. The first-order valence-corrected chi connectivity index (χ1v) is 7.54. The van der Waals surface area contributed by atoms with Gasteiger partial charge in [0.25, 0.3) is 0 Å². The fourth-order valence-corrected chi connectivity index (χ4v) is 2.27. The van der Waals surface area contributed by atoms with E-state index in [2.05, 4.69) is 24.3 Å². The van der Waals surface area contributed by atoms with E-state index < -0.39 is 0 Å². The van der Waals surface area contributed by atoms with Crippen LogP contribution in [0.1, 0.15) is 57.3 Å². The van der Waals surface area contributed by atoms with E-state index in [0.29, 0.717) is 5.69 Å². The highest BCUT2D eigenvalue weighted by molar-refractivity contribution is 5.76. The molecule has 0 aromatic carbocycles. The van der Waals surface area contributed by atoms with E-state index in [9.17, 15) is 4.79 Å². The minimum absolute atomic E-state index is 0.00130. The molecule has 0 spiro atoms. The number of nitrogens with two attached hydrogens (primary N) is 1. The molecule has 5 heteroatoms. The van der Waals surface area contributed by atoms with Crippen molar-refractivity contribution in [2.75, 3.05) is 5.73 Å². The monoisotopic (exact) mass is 280 g/mol. The van der Waals surface area contributed by atoms with Gasteiger partial charge >= 0.3 is 0 Å². The number of hydrogen-bond donors (Lipinski definition) is 2. The molecule has 0 aliphatic carbocycles. The van der Waals surface area contributed by atoms with Gasteiger partial charge in [0.1, 0.15) is 6.54 Å². The molecule has 114 valence electrons. The molecule has 3 N–H and O–H groups in total. The molecule has 1 atom stereocenters. The number of anilines is 1. The lowest BCUT2D eigenvalue weighted by molar-refractivity contribution is -0.122. The molecule has 0 aliphatic heterocycles. The molecule has 1 aromatic heterocycles. The number of aryl methyl sites for hydroxylation is 1. The summed E-state index contributed by atoms with van der Waals surface area (Å²) in [6.45, 7) is 8.23. The maximum absolute atomic E-state index is 12.0. The topological polar surface area (TPSA) is 72.9 Å². The van der Waals surface area contributed by atoms with Crippen molar-refractivity contribution in [1.82, 2.24) is 15.1 Å². The summed E-state index contributed by atoms with van der Waals surface area (Å²) in [5.41, 5.74) is 8.17. The largest absolute Gasteiger partial charge is 0.396 e. The van der Waals surface area contributed by atoms with Crippen LogP contribution in [0.2, 0.25) is 0 Å². The van der Waals surface area contributed by atoms with Crippen LogP contribution in [-0.4, -0.2) is 21.7 Å². The molecule has 0 bridgehead atoms. The SMILES string of the molecule is CCCCCCC(C)NC(=O)Cn1nc(C)c(N)c1C. The first-order chi connectivity index (χ1) is 9.45. The Labute approximate surface area is 121 Å². The second kappa shape index (κ2) is 7.92. The molecule has 1 unspecified atom stereocenters. The number of aromatic nitrogens is 2. The Morgan fingerprint density at radius 2 is 2.05 bits per heavy atom. The van der Waals surface area contributed by atoms with Crippen LogP contribution in [0.15, 0.2) is 0 Å². The Morgan fingerprint density at radius 3 is 2.60 bits per heavy atom. The van der Waals surface area contributed by atoms with Crippen molar-refractivity contribution in [1.29, 1.82) is 0 Å². The van der Waals surface area contributed by atoms with Crippen LogP contribution in [0.25, 0.3) is 0 Å². The molecular formula is C15H28N4O. The molecule has 1 aromatic rings. The van der Waals surface area contributed by atoms with Crippen LogP contribution in [0, 0.1) is 13.8 Å². The number of carbonyl (C=O) groups excluding carboxylic acids is 1. The van der Waals surface area contributed by atoms with Crippen molar-refractivity contribution in [3.05, 3.63) is 11.4 Å². The smallest absolute Gasteiger partial charge is 0.241 e. The number of hydrogen-bond acceptors (Lipinski definition) is 3. The van der Waals surface area contributed by atoms with Gasteiger partial charge in [0.15, 0.2) is 0 Å². The van der Waals surface area contributed by atoms with Gasteiger partial charge in [0.05, 0.1) is 17.1 Å². The average Bonchev–Trinajstić information content (AvgIpc) is 2.62. The Hall–Kier alpha value is -1.52. The highest BCUT2D eigenvalue weighted by Gasteiger charge is 2.12. The van der Waals surface area contributed by atoms with E-state index in [-0.39, 0.29) is 18.5 Å². The van der Waals surface area contributed by atoms with Crippen molar-refractivity contribution >= 4 is 11.6 Å². The van der Waals surface area contributed by atoms with Gasteiger partial charge in [-0.15, -0.1) is 0 Å². The Bertz CT molecular complexity index is 439. The summed E-state index contributed by atoms with van der Waals surface area (Å²) in [5.74, 6) is -0.00130. The number of amides is 1. The van der Waals surface area contributed by atoms with Crippen LogP contribution < -0.4 is 11.1 Å². The third-order valence-electron chi connectivity index (χ3n) is 3.63. The zero-order valence-electron chi connectivity index (χ0n) is 13.2. The van der Waals surface area contributed by atoms with Gasteiger partial charge in [-0.3, -0.25) is 9.48 Å². The highest BCUT2D eigenvalue weighted by atomic mass is 16.2. The first kappa shape index (κ1) is 16.5. The Morgan fingerprint density at radius 1 is 1.35 bits per heavy atom. The Kier molecular flexibility index (Phi) is 6.55. The van der Waals surface area contributed by atoms with Crippen molar-refractivity contribution < 1.29 is 4.79 Å². The number of unbranched alkanes of at least 4 members (excludes halogenated alkanes) is 3. The van der Waals surface area contributed by atoms with Crippen LogP contribution >= 0.6 is 0 Å². The van der Waals surface area contributed by atoms with Gasteiger partial charge in [-0.1, -0.05) is 32.6 Å². The predicted octanol–water partition coefficient (Wildman–Crippen LogP) is 2.56. The molecule has 20 heavy (non-hydrogen) atoms. The van der Waals surface area contributed by atoms with Crippen molar-refractivity contribution in [3.63, 3.8) is 0 Å². The normalized spacial score (nSPS) is 12.4. The van der Waals surface area contributed by atoms with E-state index in [0.717, 1.165) is 17.8 Å². The molecule has 1 amide bonds. The molecule has 0 fully saturated rings. The lowest BCUT2D eigenvalue weighted by Crippen LogP contribution is -2.35. The van der Waals surface area contributed by atoms with Crippen molar-refractivity contribution in [3.8, 4) is 0 Å². The van der Waals surface area contributed by atoms with Crippen LogP contribution in [-0.2, 0) is 11.3 Å². The number of nitrogens with one attached hydrogen (secondary N) is 1. The van der Waals surface area contributed by atoms with Crippen LogP contribution in [0.3, 0.4) is 0 Å². The summed E-state index contributed by atoms with van der Waals surface area (Å²) in [6, 6.07) is 0.216. The molecule has 1 heterocycles. The van der Waals surface area contributed by atoms with Crippen molar-refractivity contribution in [2.24, 2.45) is 0 Å². The fraction of sp³-hybridized carbons (Fsp3) is 0.733. The number of carbonyl (C=O) groups is 1. The highest BCUT2D eigenvalue weighted by Crippen LogP contribution is 2.14. The van der Waals surface area contributed by atoms with E-state index in [1.807, 2.05) is 13.8 Å². The van der Waals surface area contributed by atoms with Gasteiger partial charge in [-0.05, 0) is 27.2 Å². The molecular weight excluding hydrogens is 252 g/mol. The zero-order valence-corrected chi connectivity index (χ0v) is 13.2. The van der Waals surface area contributed by atoms with Gasteiger partial charge < -0.3 is 11.1 Å². The van der Waals surface area contributed by atoms with Crippen molar-refractivity contribution in [2.45, 2.75) is 72.4 Å². The Balaban J connectivity index is 2.37. The summed E-state index contributed by atoms with van der Waals surface area (Å²) in [5, 5.41) is 7.29. The van der Waals surface area contributed by atoms with Gasteiger partial charge in [0.2, 0.25) is 5.91 Å². The van der Waals surface area contributed by atoms with E-state index in [1.54, 1.807) is 4.68 Å². The summed E-state index contributed by atoms with van der Waals surface area (Å²) in [4.78, 5) is 12.0. The number of rotatable bonds is 8. The maximum atomic E-state index is 12.0. The lowest BCUT2D eigenvalue weighted by Gasteiger charge is -2.14. The van der Waals surface area contributed by atoms with Gasteiger partial charge in [0, 0.05) is 6.04 Å². The second-order valence-electron chi connectivity index (χ2n) is 5.56. The van der Waals surface area contributed by atoms with Crippen LogP contribution in [0.5, 0.6) is 0 Å². The maximum Gasteiger partial charge on any atom is 0.241 e. The minimum atomic E-state index is -0.00130. The van der Waals surface area contributed by atoms with Gasteiger partial charge in [-0.25, -0.2) is 0 Å². The van der Waals surface area contributed by atoms with E-state index in [4.69, 9.17) is 5.73 Å². The standard InChI is InChI=1S/C15H28N4O/c1-5-6-7-8-9-11(2)17-14(20)10-19-13(4)15(16)12(3)18-19/h11H,5-10,16H2,1-4H3,(H,17,20). The van der Waals surface area contributed by atoms with E-state index in [1.165, 1.54) is 25.7 Å². The predicted molar refractivity (Wildman–Crippen MR) is 82.5 cm³/mol. The molecule has 0 saturated heterocycles. The average molecular weight is 280 g/mol. The quantitative estimate of drug-likeness (QED) is 0.719. The summed E-state index contributed by atoms with van der Waals surface area (Å²) >= 11 is 0. The molecule has 1 rings (SSSR count). The number of nitrogens with zero attached hydrogens (tertiary/aromatic N) is 2. The second-order valence-corrected chi connectivity index (χ2v) is 5.56. The summed E-state index contributed by atoms with van der Waals surface area (Å²) in [7, 11) is 0. The number of nitrogen functional groups attached to an aromatic ring is 1. The first-order valence-electron chi connectivity index (χ1n) is 7.54. The lowest BCUT2D eigenvalue weighted by atomic mass is 10.1. The van der Waals surface area contributed by atoms with Gasteiger partial charge in [-0.2, -0.15) is 5.10 Å². The van der Waals surface area contributed by atoms with E-state index >= 15 is 0 Å². The molecule has 0 aliphatic rings. The third-order valence-corrected chi connectivity index (χ3v) is 3.63.